The molecule has 1 heterocycles. The van der Waals surface area contributed by atoms with Crippen LogP contribution in [0.3, 0.4) is 0 Å². The van der Waals surface area contributed by atoms with E-state index in [0.29, 0.717) is 42.1 Å². The Kier molecular flexibility index (Phi) is 8.35. The average molecular weight is 492 g/mol. The lowest BCUT2D eigenvalue weighted by molar-refractivity contribution is -0.133. The first kappa shape index (κ1) is 26.2. The van der Waals surface area contributed by atoms with Gasteiger partial charge in [-0.15, -0.1) is 0 Å². The van der Waals surface area contributed by atoms with Gasteiger partial charge in [-0.25, -0.2) is 0 Å². The summed E-state index contributed by atoms with van der Waals surface area (Å²) >= 11 is 0. The number of phenolic OH excluding ortho intramolecular Hbond substituents is 1. The van der Waals surface area contributed by atoms with Gasteiger partial charge in [0.2, 0.25) is 5.91 Å². The molecule has 2 N–H and O–H groups in total. The fourth-order valence-electron chi connectivity index (χ4n) is 6.04. The smallest absolute Gasteiger partial charge is 0.251 e. The minimum Gasteiger partial charge on any atom is -0.507 e. The molecule has 1 saturated heterocycles. The fraction of sp³-hybridized carbons (Fsp3) is 0.533. The standard InChI is InChI=1S/C30H41N3O3/c1-5-9-22-18-24(32(4)20(2)3)13-14-27(22)33-17-16-26(30(33)36)31-29(35)23-12-15-28(34)25(19-23)21-10-7-6-8-11-21/h6-8,10-12,15,19-20,22,24,26-27,34H,5,9,13-14,16-18H2,1-4H3,(H,31,35)/t22-,24+,26-,27-/m0/s1. The number of benzene rings is 2. The van der Waals surface area contributed by atoms with Crippen LogP contribution >= 0.6 is 0 Å². The van der Waals surface area contributed by atoms with Gasteiger partial charge in [-0.1, -0.05) is 43.7 Å². The predicted molar refractivity (Wildman–Crippen MR) is 144 cm³/mol. The van der Waals surface area contributed by atoms with Crippen LogP contribution in [0.2, 0.25) is 0 Å². The summed E-state index contributed by atoms with van der Waals surface area (Å²) in [6.07, 6.45) is 6.14. The summed E-state index contributed by atoms with van der Waals surface area (Å²) in [6.45, 7) is 7.41. The summed E-state index contributed by atoms with van der Waals surface area (Å²) in [7, 11) is 2.22. The number of rotatable bonds is 8. The largest absolute Gasteiger partial charge is 0.507 e. The van der Waals surface area contributed by atoms with Gasteiger partial charge in [-0.3, -0.25) is 9.59 Å². The Labute approximate surface area is 215 Å². The summed E-state index contributed by atoms with van der Waals surface area (Å²) < 4.78 is 0. The maximum atomic E-state index is 13.4. The number of carbonyl (C=O) groups excluding carboxylic acids is 2. The number of carbonyl (C=O) groups is 2. The number of phenols is 1. The number of amides is 2. The van der Waals surface area contributed by atoms with E-state index in [4.69, 9.17) is 0 Å². The third-order valence-electron chi connectivity index (χ3n) is 8.25. The first-order chi connectivity index (χ1) is 17.3. The number of hydrogen-bond donors (Lipinski definition) is 2. The Bertz CT molecular complexity index is 1050. The van der Waals surface area contributed by atoms with E-state index in [1.54, 1.807) is 18.2 Å². The van der Waals surface area contributed by atoms with Crippen molar-refractivity contribution in [2.45, 2.75) is 83.5 Å². The van der Waals surface area contributed by atoms with Gasteiger partial charge in [0.15, 0.2) is 0 Å². The zero-order chi connectivity index (χ0) is 25.8. The highest BCUT2D eigenvalue weighted by Gasteiger charge is 2.42. The van der Waals surface area contributed by atoms with Gasteiger partial charge in [-0.05, 0) is 82.7 Å². The molecular formula is C30H41N3O3. The van der Waals surface area contributed by atoms with Crippen LogP contribution in [0.25, 0.3) is 11.1 Å². The van der Waals surface area contributed by atoms with Crippen molar-refractivity contribution in [3.05, 3.63) is 54.1 Å². The van der Waals surface area contributed by atoms with Crippen molar-refractivity contribution in [2.24, 2.45) is 5.92 Å². The van der Waals surface area contributed by atoms with E-state index < -0.39 is 6.04 Å². The Morgan fingerprint density at radius 2 is 1.89 bits per heavy atom. The number of nitrogens with one attached hydrogen (secondary N) is 1. The predicted octanol–water partition coefficient (Wildman–Crippen LogP) is 5.07. The molecule has 2 aromatic carbocycles. The highest BCUT2D eigenvalue weighted by Crippen LogP contribution is 2.36. The van der Waals surface area contributed by atoms with Crippen LogP contribution < -0.4 is 5.32 Å². The van der Waals surface area contributed by atoms with Crippen molar-refractivity contribution in [1.29, 1.82) is 0 Å². The van der Waals surface area contributed by atoms with Crippen LogP contribution in [0.1, 0.15) is 69.7 Å². The zero-order valence-electron chi connectivity index (χ0n) is 22.1. The maximum Gasteiger partial charge on any atom is 0.251 e. The highest BCUT2D eigenvalue weighted by molar-refractivity contribution is 5.99. The lowest BCUT2D eigenvalue weighted by atomic mass is 9.77. The molecule has 0 unspecified atom stereocenters. The molecule has 2 aliphatic rings. The third kappa shape index (κ3) is 5.59. The van der Waals surface area contributed by atoms with Crippen molar-refractivity contribution >= 4 is 11.8 Å². The minimum atomic E-state index is -0.496. The molecule has 0 bridgehead atoms. The number of aromatic hydroxyl groups is 1. The van der Waals surface area contributed by atoms with Crippen molar-refractivity contribution in [2.75, 3.05) is 13.6 Å². The molecule has 6 nitrogen and oxygen atoms in total. The molecule has 0 radical (unpaired) electrons. The second kappa shape index (κ2) is 11.5. The molecule has 1 aliphatic heterocycles. The van der Waals surface area contributed by atoms with Crippen LogP contribution in [0, 0.1) is 5.92 Å². The van der Waals surface area contributed by atoms with Gasteiger partial charge in [0.1, 0.15) is 11.8 Å². The fourth-order valence-corrected chi connectivity index (χ4v) is 6.04. The summed E-state index contributed by atoms with van der Waals surface area (Å²) in [5.41, 5.74) is 1.89. The Hall–Kier alpha value is -2.86. The number of nitrogens with zero attached hydrogens (tertiary/aromatic N) is 2. The monoisotopic (exact) mass is 491 g/mol. The van der Waals surface area contributed by atoms with Gasteiger partial charge in [-0.2, -0.15) is 0 Å². The van der Waals surface area contributed by atoms with Crippen molar-refractivity contribution in [3.8, 4) is 16.9 Å². The molecule has 2 fully saturated rings. The molecule has 194 valence electrons. The van der Waals surface area contributed by atoms with E-state index in [1.165, 1.54) is 0 Å². The lowest BCUT2D eigenvalue weighted by Gasteiger charge is -2.44. The normalized spacial score (nSPS) is 24.5. The minimum absolute atomic E-state index is 0.0483. The topological polar surface area (TPSA) is 72.9 Å². The second-order valence-electron chi connectivity index (χ2n) is 10.8. The maximum absolute atomic E-state index is 13.4. The van der Waals surface area contributed by atoms with E-state index in [2.05, 4.69) is 42.9 Å². The van der Waals surface area contributed by atoms with E-state index in [-0.39, 0.29) is 23.6 Å². The van der Waals surface area contributed by atoms with Crippen molar-refractivity contribution < 1.29 is 14.7 Å². The summed E-state index contributed by atoms with van der Waals surface area (Å²) in [4.78, 5) is 31.1. The van der Waals surface area contributed by atoms with Crippen LogP contribution in [0.5, 0.6) is 5.75 Å². The first-order valence-electron chi connectivity index (χ1n) is 13.5. The van der Waals surface area contributed by atoms with Gasteiger partial charge in [0, 0.05) is 35.8 Å². The molecule has 1 aliphatic carbocycles. The molecule has 0 spiro atoms. The third-order valence-corrected chi connectivity index (χ3v) is 8.25. The van der Waals surface area contributed by atoms with Crippen molar-refractivity contribution in [3.63, 3.8) is 0 Å². The zero-order valence-corrected chi connectivity index (χ0v) is 22.1. The van der Waals surface area contributed by atoms with Gasteiger partial charge < -0.3 is 20.2 Å². The first-order valence-corrected chi connectivity index (χ1v) is 13.5. The number of hydrogen-bond acceptors (Lipinski definition) is 4. The van der Waals surface area contributed by atoms with Gasteiger partial charge in [0.05, 0.1) is 0 Å². The molecule has 1 saturated carbocycles. The Balaban J connectivity index is 1.43. The van der Waals surface area contributed by atoms with Crippen LogP contribution in [-0.4, -0.2) is 64.5 Å². The number of likely N-dealkylation sites (tertiary alicyclic amines) is 1. The second-order valence-corrected chi connectivity index (χ2v) is 10.8. The molecule has 2 amide bonds. The van der Waals surface area contributed by atoms with Crippen LogP contribution in [0.15, 0.2) is 48.5 Å². The summed E-state index contributed by atoms with van der Waals surface area (Å²) in [5.74, 6) is 0.396. The van der Waals surface area contributed by atoms with E-state index >= 15 is 0 Å². The van der Waals surface area contributed by atoms with E-state index in [1.807, 2.05) is 30.3 Å². The molecular weight excluding hydrogens is 450 g/mol. The Morgan fingerprint density at radius 3 is 2.58 bits per heavy atom. The van der Waals surface area contributed by atoms with E-state index in [9.17, 15) is 14.7 Å². The molecule has 0 aromatic heterocycles. The molecule has 6 heteroatoms. The van der Waals surface area contributed by atoms with Crippen LogP contribution in [0.4, 0.5) is 0 Å². The summed E-state index contributed by atoms with van der Waals surface area (Å²) in [5, 5.41) is 13.3. The Morgan fingerprint density at radius 1 is 1.14 bits per heavy atom. The average Bonchev–Trinajstić information content (AvgIpc) is 3.23. The SMILES string of the molecule is CCC[C@H]1C[C@H](N(C)C(C)C)CC[C@@H]1N1CC[C@H](NC(=O)c2ccc(O)c(-c3ccccc3)c2)C1=O. The lowest BCUT2D eigenvalue weighted by Crippen LogP contribution is -2.51. The molecule has 2 aromatic rings. The molecule has 36 heavy (non-hydrogen) atoms. The highest BCUT2D eigenvalue weighted by atomic mass is 16.3. The molecule has 4 rings (SSSR count). The van der Waals surface area contributed by atoms with Gasteiger partial charge in [0.25, 0.3) is 5.91 Å². The van der Waals surface area contributed by atoms with E-state index in [0.717, 1.165) is 37.7 Å². The summed E-state index contributed by atoms with van der Waals surface area (Å²) in [6, 6.07) is 15.2. The van der Waals surface area contributed by atoms with Crippen molar-refractivity contribution in [1.82, 2.24) is 15.1 Å². The van der Waals surface area contributed by atoms with Gasteiger partial charge >= 0.3 is 0 Å². The molecule has 4 atom stereocenters. The van der Waals surface area contributed by atoms with Crippen LogP contribution in [-0.2, 0) is 4.79 Å². The quantitative estimate of drug-likeness (QED) is 0.541.